The van der Waals surface area contributed by atoms with Gasteiger partial charge >= 0.3 is 0 Å². The lowest BCUT2D eigenvalue weighted by atomic mass is 10.3. The monoisotopic (exact) mass is 168 g/mol. The van der Waals surface area contributed by atoms with Gasteiger partial charge in [-0.2, -0.15) is 0 Å². The zero-order chi connectivity index (χ0) is 8.97. The molecule has 1 aromatic heterocycles. The summed E-state index contributed by atoms with van der Waals surface area (Å²) in [5.41, 5.74) is 0. The van der Waals surface area contributed by atoms with Crippen LogP contribution in [-0.2, 0) is 13.5 Å². The molecule has 0 amide bonds. The molecule has 0 radical (unpaired) electrons. The third kappa shape index (κ3) is 2.62. The van der Waals surface area contributed by atoms with Crippen LogP contribution in [0.25, 0.3) is 0 Å². The fourth-order valence-electron chi connectivity index (χ4n) is 1.01. The van der Waals surface area contributed by atoms with Gasteiger partial charge in [0.05, 0.1) is 0 Å². The van der Waals surface area contributed by atoms with E-state index in [0.29, 0.717) is 6.04 Å². The van der Waals surface area contributed by atoms with Crippen LogP contribution in [0.1, 0.15) is 19.7 Å². The topological polar surface area (TPSA) is 42.7 Å². The quantitative estimate of drug-likeness (QED) is 0.705. The largest absolute Gasteiger partial charge is 0.321 e. The van der Waals surface area contributed by atoms with Crippen molar-refractivity contribution in [2.45, 2.75) is 26.3 Å². The highest BCUT2D eigenvalue weighted by Crippen LogP contribution is 1.91. The lowest BCUT2D eigenvalue weighted by molar-refractivity contribution is 0.577. The second-order valence-electron chi connectivity index (χ2n) is 3.22. The number of aromatic nitrogens is 3. The Morgan fingerprint density at radius 2 is 2.33 bits per heavy atom. The van der Waals surface area contributed by atoms with E-state index in [1.807, 2.05) is 11.6 Å². The minimum atomic E-state index is 0.540. The smallest absolute Gasteiger partial charge is 0.133 e. The molecule has 0 saturated carbocycles. The minimum Gasteiger partial charge on any atom is -0.321 e. The van der Waals surface area contributed by atoms with E-state index >= 15 is 0 Å². The molecule has 4 nitrogen and oxygen atoms in total. The van der Waals surface area contributed by atoms with Crippen LogP contribution < -0.4 is 5.32 Å². The number of rotatable bonds is 4. The molecule has 68 valence electrons. The Morgan fingerprint density at radius 3 is 2.83 bits per heavy atom. The molecule has 4 heteroatoms. The molecule has 0 aliphatic rings. The molecule has 0 aliphatic heterocycles. The van der Waals surface area contributed by atoms with Crippen molar-refractivity contribution >= 4 is 0 Å². The summed E-state index contributed by atoms with van der Waals surface area (Å²) in [6, 6.07) is 0.540. The van der Waals surface area contributed by atoms with E-state index in [1.165, 1.54) is 0 Å². The van der Waals surface area contributed by atoms with Gasteiger partial charge in [0, 0.05) is 26.1 Å². The van der Waals surface area contributed by atoms with E-state index in [0.717, 1.165) is 18.8 Å². The van der Waals surface area contributed by atoms with Crippen molar-refractivity contribution in [2.75, 3.05) is 6.54 Å². The predicted octanol–water partition coefficient (Wildman–Crippen LogP) is 0.356. The van der Waals surface area contributed by atoms with E-state index in [-0.39, 0.29) is 0 Å². The summed E-state index contributed by atoms with van der Waals surface area (Å²) >= 11 is 0. The van der Waals surface area contributed by atoms with Crippen molar-refractivity contribution in [3.8, 4) is 0 Å². The van der Waals surface area contributed by atoms with Crippen LogP contribution in [0.3, 0.4) is 0 Å². The molecule has 0 aromatic carbocycles. The van der Waals surface area contributed by atoms with Crippen molar-refractivity contribution in [2.24, 2.45) is 7.05 Å². The van der Waals surface area contributed by atoms with Crippen LogP contribution >= 0.6 is 0 Å². The Balaban J connectivity index is 2.29. The number of nitrogens with zero attached hydrogens (tertiary/aromatic N) is 3. The molecule has 1 rings (SSSR count). The molecule has 12 heavy (non-hydrogen) atoms. The van der Waals surface area contributed by atoms with Crippen LogP contribution in [0.5, 0.6) is 0 Å². The van der Waals surface area contributed by atoms with Gasteiger partial charge in [0.2, 0.25) is 0 Å². The summed E-state index contributed by atoms with van der Waals surface area (Å²) in [5, 5.41) is 11.1. The number of nitrogens with one attached hydrogen (secondary N) is 1. The fraction of sp³-hybridized carbons (Fsp3) is 0.750. The minimum absolute atomic E-state index is 0.540. The van der Waals surface area contributed by atoms with E-state index in [2.05, 4.69) is 29.4 Å². The summed E-state index contributed by atoms with van der Waals surface area (Å²) in [7, 11) is 1.96. The fourth-order valence-corrected chi connectivity index (χ4v) is 1.01. The van der Waals surface area contributed by atoms with Gasteiger partial charge in [-0.15, -0.1) is 10.2 Å². The Bertz CT molecular complexity index is 229. The zero-order valence-corrected chi connectivity index (χ0v) is 7.91. The van der Waals surface area contributed by atoms with Crippen LogP contribution in [-0.4, -0.2) is 27.4 Å². The Morgan fingerprint density at radius 1 is 1.58 bits per heavy atom. The molecule has 0 aliphatic carbocycles. The standard InChI is InChI=1S/C8H16N4/c1-7(2)9-5-4-8-11-10-6-12(8)3/h6-7,9H,4-5H2,1-3H3. The molecule has 0 saturated heterocycles. The highest BCUT2D eigenvalue weighted by molar-refractivity contribution is 4.84. The maximum absolute atomic E-state index is 3.99. The van der Waals surface area contributed by atoms with Gasteiger partial charge in [0.1, 0.15) is 12.2 Å². The SMILES string of the molecule is CC(C)NCCc1nncn1C. The van der Waals surface area contributed by atoms with E-state index in [1.54, 1.807) is 6.33 Å². The lowest BCUT2D eigenvalue weighted by Crippen LogP contribution is -2.25. The van der Waals surface area contributed by atoms with E-state index in [9.17, 15) is 0 Å². The first-order chi connectivity index (χ1) is 5.70. The third-order valence-electron chi connectivity index (χ3n) is 1.71. The number of aryl methyl sites for hydroxylation is 1. The normalized spacial score (nSPS) is 11.0. The predicted molar refractivity (Wildman–Crippen MR) is 47.8 cm³/mol. The molecule has 1 N–H and O–H groups in total. The number of hydrogen-bond donors (Lipinski definition) is 1. The molecule has 0 atom stereocenters. The molecular weight excluding hydrogens is 152 g/mol. The average Bonchev–Trinajstić information content (AvgIpc) is 2.36. The Hall–Kier alpha value is -0.900. The van der Waals surface area contributed by atoms with Crippen LogP contribution in [0.2, 0.25) is 0 Å². The van der Waals surface area contributed by atoms with Crippen molar-refractivity contribution in [1.82, 2.24) is 20.1 Å². The van der Waals surface area contributed by atoms with Gasteiger partial charge in [0.15, 0.2) is 0 Å². The summed E-state index contributed by atoms with van der Waals surface area (Å²) in [6.45, 7) is 5.23. The molecule has 0 fully saturated rings. The van der Waals surface area contributed by atoms with Gasteiger partial charge in [-0.25, -0.2) is 0 Å². The molecular formula is C8H16N4. The maximum Gasteiger partial charge on any atom is 0.133 e. The molecule has 0 unspecified atom stereocenters. The zero-order valence-electron chi connectivity index (χ0n) is 7.91. The van der Waals surface area contributed by atoms with Gasteiger partial charge in [-0.3, -0.25) is 0 Å². The van der Waals surface area contributed by atoms with Crippen LogP contribution in [0, 0.1) is 0 Å². The van der Waals surface area contributed by atoms with Gasteiger partial charge in [-0.1, -0.05) is 13.8 Å². The molecule has 0 bridgehead atoms. The van der Waals surface area contributed by atoms with Gasteiger partial charge in [0.25, 0.3) is 0 Å². The second-order valence-corrected chi connectivity index (χ2v) is 3.22. The van der Waals surface area contributed by atoms with E-state index < -0.39 is 0 Å². The highest BCUT2D eigenvalue weighted by atomic mass is 15.2. The van der Waals surface area contributed by atoms with Gasteiger partial charge < -0.3 is 9.88 Å². The maximum atomic E-state index is 3.99. The third-order valence-corrected chi connectivity index (χ3v) is 1.71. The van der Waals surface area contributed by atoms with Crippen molar-refractivity contribution in [1.29, 1.82) is 0 Å². The Kier molecular flexibility index (Phi) is 3.22. The van der Waals surface area contributed by atoms with Gasteiger partial charge in [-0.05, 0) is 0 Å². The van der Waals surface area contributed by atoms with Crippen LogP contribution in [0.15, 0.2) is 6.33 Å². The second kappa shape index (κ2) is 4.21. The van der Waals surface area contributed by atoms with Crippen molar-refractivity contribution in [3.05, 3.63) is 12.2 Å². The molecule has 1 heterocycles. The highest BCUT2D eigenvalue weighted by Gasteiger charge is 1.99. The Labute approximate surface area is 73.0 Å². The first kappa shape index (κ1) is 9.19. The van der Waals surface area contributed by atoms with Crippen molar-refractivity contribution in [3.63, 3.8) is 0 Å². The van der Waals surface area contributed by atoms with Crippen molar-refractivity contribution < 1.29 is 0 Å². The summed E-state index contributed by atoms with van der Waals surface area (Å²) in [6.07, 6.45) is 2.67. The number of hydrogen-bond acceptors (Lipinski definition) is 3. The first-order valence-corrected chi connectivity index (χ1v) is 4.26. The average molecular weight is 168 g/mol. The van der Waals surface area contributed by atoms with E-state index in [4.69, 9.17) is 0 Å². The lowest BCUT2D eigenvalue weighted by Gasteiger charge is -2.06. The first-order valence-electron chi connectivity index (χ1n) is 4.26. The summed E-state index contributed by atoms with van der Waals surface area (Å²) in [4.78, 5) is 0. The summed E-state index contributed by atoms with van der Waals surface area (Å²) < 4.78 is 1.95. The summed E-state index contributed by atoms with van der Waals surface area (Å²) in [5.74, 6) is 1.03. The van der Waals surface area contributed by atoms with Crippen LogP contribution in [0.4, 0.5) is 0 Å². The molecule has 1 aromatic rings. The molecule has 0 spiro atoms.